The molecule has 1 saturated heterocycles. The van der Waals surface area contributed by atoms with Gasteiger partial charge in [0.15, 0.2) is 5.82 Å². The highest BCUT2D eigenvalue weighted by molar-refractivity contribution is 7.91. The van der Waals surface area contributed by atoms with Gasteiger partial charge in [-0.3, -0.25) is 0 Å². The van der Waals surface area contributed by atoms with Crippen LogP contribution in [0.3, 0.4) is 0 Å². The lowest BCUT2D eigenvalue weighted by Gasteiger charge is -2.36. The molecule has 2 aliphatic heterocycles. The molecule has 1 N–H and O–H groups in total. The van der Waals surface area contributed by atoms with E-state index in [1.54, 1.807) is 0 Å². The second-order valence-corrected chi connectivity index (χ2v) is 10.1. The summed E-state index contributed by atoms with van der Waals surface area (Å²) in [6, 6.07) is 18.3. The van der Waals surface area contributed by atoms with E-state index in [2.05, 4.69) is 46.3 Å². The van der Waals surface area contributed by atoms with Crippen molar-refractivity contribution in [2.45, 2.75) is 24.3 Å². The Morgan fingerprint density at radius 1 is 0.969 bits per heavy atom. The third kappa shape index (κ3) is 4.37. The highest BCUT2D eigenvalue weighted by atomic mass is 35.5. The van der Waals surface area contributed by atoms with Crippen molar-refractivity contribution in [3.05, 3.63) is 70.9 Å². The molecule has 3 aromatic rings. The van der Waals surface area contributed by atoms with Crippen LogP contribution in [0, 0.1) is 0 Å². The highest BCUT2D eigenvalue weighted by Crippen LogP contribution is 2.34. The van der Waals surface area contributed by atoms with E-state index in [1.165, 1.54) is 11.3 Å². The van der Waals surface area contributed by atoms with Crippen molar-refractivity contribution in [3.63, 3.8) is 0 Å². The van der Waals surface area contributed by atoms with Gasteiger partial charge >= 0.3 is 0 Å². The summed E-state index contributed by atoms with van der Waals surface area (Å²) in [4.78, 5) is 15.0. The molecule has 3 heterocycles. The van der Waals surface area contributed by atoms with Gasteiger partial charge < -0.3 is 19.7 Å². The van der Waals surface area contributed by atoms with Gasteiger partial charge in [0.1, 0.15) is 11.4 Å². The van der Waals surface area contributed by atoms with Crippen LogP contribution in [0.15, 0.2) is 59.5 Å². The van der Waals surface area contributed by atoms with Crippen molar-refractivity contribution < 1.29 is 4.55 Å². The van der Waals surface area contributed by atoms with Crippen molar-refractivity contribution in [3.8, 4) is 0 Å². The normalized spacial score (nSPS) is 19.0. The molecule has 1 unspecified atom stereocenters. The minimum absolute atomic E-state index is 0.0578. The Labute approximate surface area is 196 Å². The van der Waals surface area contributed by atoms with E-state index >= 15 is 0 Å². The van der Waals surface area contributed by atoms with Crippen LogP contribution < -0.4 is 15.1 Å². The predicted molar refractivity (Wildman–Crippen MR) is 131 cm³/mol. The van der Waals surface area contributed by atoms with E-state index in [1.807, 2.05) is 30.3 Å². The molecular weight excluding hydrogens is 442 g/mol. The monoisotopic (exact) mass is 467 g/mol. The first-order chi connectivity index (χ1) is 15.6. The first-order valence-electron chi connectivity index (χ1n) is 10.9. The smallest absolute Gasteiger partial charge is 0.228 e. The maximum absolute atomic E-state index is 12.7. The summed E-state index contributed by atoms with van der Waals surface area (Å²) in [5, 5.41) is 4.27. The molecule has 0 amide bonds. The molecule has 0 bridgehead atoms. The van der Waals surface area contributed by atoms with Crippen LogP contribution in [0.4, 0.5) is 17.5 Å². The Balaban J connectivity index is 1.36. The lowest BCUT2D eigenvalue weighted by molar-refractivity contribution is 0.598. The van der Waals surface area contributed by atoms with Gasteiger partial charge in [-0.25, -0.2) is 4.98 Å². The van der Waals surface area contributed by atoms with Crippen LogP contribution >= 0.6 is 11.6 Å². The van der Waals surface area contributed by atoms with Crippen molar-refractivity contribution in [1.29, 1.82) is 0 Å². The first-order valence-corrected chi connectivity index (χ1v) is 12.6. The number of benzene rings is 2. The number of aryl methyl sites for hydroxylation is 1. The van der Waals surface area contributed by atoms with Gasteiger partial charge in [0.25, 0.3) is 0 Å². The lowest BCUT2D eigenvalue weighted by atomic mass is 10.1. The molecule has 2 aromatic carbocycles. The zero-order valence-electron chi connectivity index (χ0n) is 18.0. The van der Waals surface area contributed by atoms with Crippen LogP contribution in [-0.2, 0) is 17.6 Å². The molecule has 0 spiro atoms. The third-order valence-electron chi connectivity index (χ3n) is 6.08. The Morgan fingerprint density at radius 2 is 1.66 bits per heavy atom. The van der Waals surface area contributed by atoms with Crippen LogP contribution in [0.1, 0.15) is 24.2 Å². The van der Waals surface area contributed by atoms with E-state index in [9.17, 15) is 4.55 Å². The van der Waals surface area contributed by atoms with E-state index in [-0.39, 0.29) is 6.04 Å². The van der Waals surface area contributed by atoms with Gasteiger partial charge in [0, 0.05) is 43.3 Å². The average Bonchev–Trinajstić information content (AvgIpc) is 3.21. The number of nitrogens with one attached hydrogen (secondary N) is 1. The largest absolute Gasteiger partial charge is 0.611 e. The van der Waals surface area contributed by atoms with Crippen molar-refractivity contribution >= 4 is 40.2 Å². The molecule has 1 aromatic heterocycles. The number of halogens is 1. The number of hydrogen-bond donors (Lipinski definition) is 1. The van der Waals surface area contributed by atoms with Crippen LogP contribution in [0.5, 0.6) is 0 Å². The maximum Gasteiger partial charge on any atom is 0.228 e. The van der Waals surface area contributed by atoms with E-state index in [0.717, 1.165) is 54.2 Å². The van der Waals surface area contributed by atoms with Crippen LogP contribution in [-0.4, -0.2) is 46.5 Å². The van der Waals surface area contributed by atoms with Crippen molar-refractivity contribution in [2.75, 3.05) is 47.0 Å². The van der Waals surface area contributed by atoms with Gasteiger partial charge in [-0.2, -0.15) is 4.98 Å². The Hall–Kier alpha value is -2.48. The van der Waals surface area contributed by atoms with Gasteiger partial charge in [-0.1, -0.05) is 41.9 Å². The number of nitrogens with zero attached hydrogens (tertiary/aromatic N) is 4. The Kier molecular flexibility index (Phi) is 6.13. The predicted octanol–water partition coefficient (Wildman–Crippen LogP) is 4.29. The molecule has 0 saturated carbocycles. The molecule has 2 atom stereocenters. The SMILES string of the molecule is C[C@H](Nc1nc(N2CCN(c3ccc(Cl)cc3)CC2)nc2c1[S+]([O-])CC2)c1ccccc1. The quantitative estimate of drug-likeness (QED) is 0.564. The second-order valence-electron chi connectivity index (χ2n) is 8.17. The highest BCUT2D eigenvalue weighted by Gasteiger charge is 2.33. The fourth-order valence-corrected chi connectivity index (χ4v) is 5.71. The molecule has 6 nitrogen and oxygen atoms in total. The third-order valence-corrected chi connectivity index (χ3v) is 7.79. The molecule has 32 heavy (non-hydrogen) atoms. The molecule has 166 valence electrons. The summed E-state index contributed by atoms with van der Waals surface area (Å²) in [5.74, 6) is 2.05. The van der Waals surface area contributed by atoms with Gasteiger partial charge in [0.2, 0.25) is 10.8 Å². The number of fused-ring (bicyclic) bond motifs is 1. The average molecular weight is 468 g/mol. The zero-order chi connectivity index (χ0) is 22.1. The van der Waals surface area contributed by atoms with Crippen LogP contribution in [0.2, 0.25) is 5.02 Å². The van der Waals surface area contributed by atoms with Crippen LogP contribution in [0.25, 0.3) is 0 Å². The van der Waals surface area contributed by atoms with Crippen molar-refractivity contribution in [1.82, 2.24) is 9.97 Å². The molecule has 8 heteroatoms. The second kappa shape index (κ2) is 9.17. The molecule has 5 rings (SSSR count). The minimum Gasteiger partial charge on any atom is -0.611 e. The number of anilines is 3. The zero-order valence-corrected chi connectivity index (χ0v) is 19.6. The standard InChI is InChI=1S/C24H26ClN5OS/c1-17(18-5-3-2-4-6-18)26-23-22-21(11-16-32(22)31)27-24(28-23)30-14-12-29(13-15-30)20-9-7-19(25)8-10-20/h2-10,17H,11-16H2,1H3,(H,26,27,28)/t17-,32?/m0/s1. The lowest BCUT2D eigenvalue weighted by Crippen LogP contribution is -2.47. The minimum atomic E-state index is -1.05. The van der Waals surface area contributed by atoms with E-state index in [0.29, 0.717) is 11.6 Å². The molecule has 0 radical (unpaired) electrons. The topological polar surface area (TPSA) is 67.4 Å². The summed E-state index contributed by atoms with van der Waals surface area (Å²) in [5.41, 5.74) is 3.26. The first kappa shape index (κ1) is 21.4. The molecular formula is C24H26ClN5OS. The van der Waals surface area contributed by atoms with Gasteiger partial charge in [-0.05, 0) is 47.9 Å². The number of rotatable bonds is 5. The van der Waals surface area contributed by atoms with Crippen molar-refractivity contribution in [2.24, 2.45) is 0 Å². The molecule has 1 fully saturated rings. The molecule has 0 aliphatic carbocycles. The number of hydrogen-bond acceptors (Lipinski definition) is 6. The van der Waals surface area contributed by atoms with Gasteiger partial charge in [0.05, 0.1) is 6.04 Å². The molecule has 2 aliphatic rings. The summed E-state index contributed by atoms with van der Waals surface area (Å²) in [6.45, 7) is 5.54. The Bertz CT molecular complexity index is 1070. The summed E-state index contributed by atoms with van der Waals surface area (Å²) >= 11 is 4.98. The van der Waals surface area contributed by atoms with E-state index in [4.69, 9.17) is 21.6 Å². The Morgan fingerprint density at radius 3 is 2.38 bits per heavy atom. The number of piperazine rings is 1. The van der Waals surface area contributed by atoms with E-state index < -0.39 is 11.2 Å². The summed E-state index contributed by atoms with van der Waals surface area (Å²) in [7, 11) is 0. The maximum atomic E-state index is 12.7. The fourth-order valence-electron chi connectivity index (χ4n) is 4.27. The summed E-state index contributed by atoms with van der Waals surface area (Å²) in [6.07, 6.45) is 0.733. The number of aromatic nitrogens is 2. The van der Waals surface area contributed by atoms with Gasteiger partial charge in [-0.15, -0.1) is 0 Å². The fraction of sp³-hybridized carbons (Fsp3) is 0.333. The summed E-state index contributed by atoms with van der Waals surface area (Å²) < 4.78 is 12.7.